The number of rotatable bonds is 5. The first kappa shape index (κ1) is 15.8. The number of benzene rings is 1. The van der Waals surface area contributed by atoms with E-state index in [4.69, 9.17) is 23.8 Å². The van der Waals surface area contributed by atoms with Crippen LogP contribution in [0.2, 0.25) is 5.02 Å². The van der Waals surface area contributed by atoms with Gasteiger partial charge in [0.25, 0.3) is 0 Å². The summed E-state index contributed by atoms with van der Waals surface area (Å²) < 4.78 is 27.0. The molecule has 0 bridgehead atoms. The molecule has 1 rings (SSSR count). The predicted octanol–water partition coefficient (Wildman–Crippen LogP) is 2.31. The number of nitrogens with one attached hydrogen (secondary N) is 1. The van der Waals surface area contributed by atoms with Crippen molar-refractivity contribution in [1.82, 2.24) is 4.72 Å². The second-order valence-electron chi connectivity index (χ2n) is 4.27. The van der Waals surface area contributed by atoms with Crippen LogP contribution in [0.5, 0.6) is 0 Å². The molecule has 6 heteroatoms. The van der Waals surface area contributed by atoms with Gasteiger partial charge in [0.15, 0.2) is 0 Å². The average molecular weight is 301 g/mol. The van der Waals surface area contributed by atoms with Crippen molar-refractivity contribution in [2.75, 3.05) is 5.73 Å². The Kier molecular flexibility index (Phi) is 5.24. The largest absolute Gasteiger partial charge is 0.398 e. The van der Waals surface area contributed by atoms with Gasteiger partial charge in [0, 0.05) is 18.2 Å². The van der Waals surface area contributed by atoms with Crippen LogP contribution < -0.4 is 10.5 Å². The van der Waals surface area contributed by atoms with E-state index >= 15 is 0 Å². The standard InChI is InChI=1S/C13H17ClN2O2S/c1-4-6-10(5-2)16-19(17,18)13-8-12(15)9(3)7-11(13)14/h1,7-8,10,16H,5-6,15H2,2-3H3. The maximum absolute atomic E-state index is 12.2. The Morgan fingerprint density at radius 3 is 2.68 bits per heavy atom. The minimum atomic E-state index is -3.72. The molecular weight excluding hydrogens is 284 g/mol. The van der Waals surface area contributed by atoms with Crippen molar-refractivity contribution < 1.29 is 8.42 Å². The summed E-state index contributed by atoms with van der Waals surface area (Å²) >= 11 is 5.97. The Bertz CT molecular complexity index is 606. The van der Waals surface area contributed by atoms with Crippen LogP contribution in [0.25, 0.3) is 0 Å². The number of hydrogen-bond acceptors (Lipinski definition) is 3. The summed E-state index contributed by atoms with van der Waals surface area (Å²) in [6, 6.07) is 2.59. The molecule has 1 aromatic rings. The molecule has 0 aliphatic heterocycles. The van der Waals surface area contributed by atoms with E-state index in [1.165, 1.54) is 12.1 Å². The highest BCUT2D eigenvalue weighted by molar-refractivity contribution is 7.89. The molecule has 0 spiro atoms. The third-order valence-electron chi connectivity index (χ3n) is 2.79. The molecular formula is C13H17ClN2O2S. The van der Waals surface area contributed by atoms with Gasteiger partial charge in [-0.1, -0.05) is 18.5 Å². The number of sulfonamides is 1. The normalized spacial score (nSPS) is 12.9. The minimum Gasteiger partial charge on any atom is -0.398 e. The molecule has 0 aliphatic rings. The van der Waals surface area contributed by atoms with Gasteiger partial charge in [0.1, 0.15) is 4.90 Å². The summed E-state index contributed by atoms with van der Waals surface area (Å²) in [5.41, 5.74) is 6.84. The Labute approximate surface area is 119 Å². The van der Waals surface area contributed by atoms with E-state index in [0.29, 0.717) is 18.5 Å². The van der Waals surface area contributed by atoms with Crippen molar-refractivity contribution in [2.45, 2.75) is 37.6 Å². The zero-order valence-corrected chi connectivity index (χ0v) is 12.5. The Morgan fingerprint density at radius 1 is 1.53 bits per heavy atom. The summed E-state index contributed by atoms with van der Waals surface area (Å²) in [6.45, 7) is 3.62. The zero-order chi connectivity index (χ0) is 14.6. The van der Waals surface area contributed by atoms with Crippen LogP contribution in [0.15, 0.2) is 17.0 Å². The molecule has 3 N–H and O–H groups in total. The second-order valence-corrected chi connectivity index (χ2v) is 6.36. The Morgan fingerprint density at radius 2 is 2.16 bits per heavy atom. The van der Waals surface area contributed by atoms with Gasteiger partial charge in [-0.25, -0.2) is 13.1 Å². The summed E-state index contributed by atoms with van der Waals surface area (Å²) in [5, 5.41) is 0.148. The summed E-state index contributed by atoms with van der Waals surface area (Å²) in [5.74, 6) is 2.44. The average Bonchev–Trinajstić information content (AvgIpc) is 2.32. The highest BCUT2D eigenvalue weighted by Gasteiger charge is 2.22. The molecule has 0 heterocycles. The van der Waals surface area contributed by atoms with Crippen LogP contribution in [0.3, 0.4) is 0 Å². The number of nitrogens with two attached hydrogens (primary N) is 1. The van der Waals surface area contributed by atoms with Crippen molar-refractivity contribution >= 4 is 27.3 Å². The number of aryl methyl sites for hydroxylation is 1. The summed E-state index contributed by atoms with van der Waals surface area (Å²) in [7, 11) is -3.72. The van der Waals surface area contributed by atoms with Gasteiger partial charge in [-0.2, -0.15) is 0 Å². The lowest BCUT2D eigenvalue weighted by molar-refractivity contribution is 0.544. The van der Waals surface area contributed by atoms with Gasteiger partial charge >= 0.3 is 0 Å². The van der Waals surface area contributed by atoms with E-state index in [1.54, 1.807) is 6.92 Å². The molecule has 4 nitrogen and oxygen atoms in total. The molecule has 0 saturated heterocycles. The van der Waals surface area contributed by atoms with Gasteiger partial charge in [-0.05, 0) is 31.0 Å². The lowest BCUT2D eigenvalue weighted by Gasteiger charge is -2.16. The zero-order valence-electron chi connectivity index (χ0n) is 10.9. The van der Waals surface area contributed by atoms with E-state index < -0.39 is 10.0 Å². The molecule has 0 aliphatic carbocycles. The quantitative estimate of drug-likeness (QED) is 0.647. The monoisotopic (exact) mass is 300 g/mol. The first-order valence-electron chi connectivity index (χ1n) is 5.83. The van der Waals surface area contributed by atoms with Crippen molar-refractivity contribution in [3.63, 3.8) is 0 Å². The second kappa shape index (κ2) is 6.29. The lowest BCUT2D eigenvalue weighted by atomic mass is 10.2. The van der Waals surface area contributed by atoms with Crippen LogP contribution in [0.4, 0.5) is 5.69 Å². The number of hydrogen-bond donors (Lipinski definition) is 2. The van der Waals surface area contributed by atoms with E-state index in [0.717, 1.165) is 5.56 Å². The third-order valence-corrected chi connectivity index (χ3v) is 4.77. The van der Waals surface area contributed by atoms with Gasteiger partial charge < -0.3 is 5.73 Å². The number of anilines is 1. The van der Waals surface area contributed by atoms with Crippen molar-refractivity contribution in [3.05, 3.63) is 22.7 Å². The SMILES string of the molecule is C#CCC(CC)NS(=O)(=O)c1cc(N)c(C)cc1Cl. The fraction of sp³-hybridized carbons (Fsp3) is 0.385. The highest BCUT2D eigenvalue weighted by Crippen LogP contribution is 2.27. The lowest BCUT2D eigenvalue weighted by Crippen LogP contribution is -2.34. The molecule has 0 radical (unpaired) electrons. The van der Waals surface area contributed by atoms with Crippen LogP contribution in [-0.4, -0.2) is 14.5 Å². The van der Waals surface area contributed by atoms with Gasteiger partial charge in [0.05, 0.1) is 5.02 Å². The fourth-order valence-electron chi connectivity index (χ4n) is 1.57. The molecule has 0 amide bonds. The van der Waals surface area contributed by atoms with Crippen LogP contribution in [0, 0.1) is 19.3 Å². The van der Waals surface area contributed by atoms with E-state index in [-0.39, 0.29) is 16.0 Å². The van der Waals surface area contributed by atoms with E-state index in [9.17, 15) is 8.42 Å². The van der Waals surface area contributed by atoms with Crippen molar-refractivity contribution in [1.29, 1.82) is 0 Å². The number of nitrogen functional groups attached to an aromatic ring is 1. The molecule has 0 aromatic heterocycles. The predicted molar refractivity (Wildman–Crippen MR) is 78.5 cm³/mol. The first-order chi connectivity index (χ1) is 8.81. The molecule has 0 fully saturated rings. The minimum absolute atomic E-state index is 0.0206. The summed E-state index contributed by atoms with van der Waals surface area (Å²) in [6.07, 6.45) is 6.13. The summed E-state index contributed by atoms with van der Waals surface area (Å²) in [4.78, 5) is -0.0206. The molecule has 1 atom stereocenters. The maximum Gasteiger partial charge on any atom is 0.242 e. The molecule has 0 saturated carbocycles. The van der Waals surface area contributed by atoms with Gasteiger partial charge in [-0.3, -0.25) is 0 Å². The topological polar surface area (TPSA) is 72.2 Å². The molecule has 1 unspecified atom stereocenters. The fourth-order valence-corrected chi connectivity index (χ4v) is 3.51. The smallest absolute Gasteiger partial charge is 0.242 e. The van der Waals surface area contributed by atoms with Crippen LogP contribution in [0.1, 0.15) is 25.3 Å². The Hall–Kier alpha value is -1.22. The van der Waals surface area contributed by atoms with E-state index in [1.807, 2.05) is 6.92 Å². The molecule has 1 aromatic carbocycles. The van der Waals surface area contributed by atoms with Crippen LogP contribution >= 0.6 is 11.6 Å². The molecule has 104 valence electrons. The number of terminal acetylenes is 1. The van der Waals surface area contributed by atoms with E-state index in [2.05, 4.69) is 10.6 Å². The van der Waals surface area contributed by atoms with Gasteiger partial charge in [0.2, 0.25) is 10.0 Å². The van der Waals surface area contributed by atoms with Crippen molar-refractivity contribution in [2.24, 2.45) is 0 Å². The Balaban J connectivity index is 3.14. The number of halogens is 1. The first-order valence-corrected chi connectivity index (χ1v) is 7.69. The highest BCUT2D eigenvalue weighted by atomic mass is 35.5. The van der Waals surface area contributed by atoms with Gasteiger partial charge in [-0.15, -0.1) is 12.3 Å². The van der Waals surface area contributed by atoms with Crippen LogP contribution in [-0.2, 0) is 10.0 Å². The van der Waals surface area contributed by atoms with Crippen molar-refractivity contribution in [3.8, 4) is 12.3 Å². The third kappa shape index (κ3) is 3.87. The maximum atomic E-state index is 12.2. The molecule has 19 heavy (non-hydrogen) atoms.